The Balaban J connectivity index is 1.81. The highest BCUT2D eigenvalue weighted by atomic mass is 16.6. The predicted molar refractivity (Wildman–Crippen MR) is 110 cm³/mol. The zero-order chi connectivity index (χ0) is 19.9. The fraction of sp³-hybridized carbons (Fsp3) is 0.450. The molecule has 0 amide bonds. The lowest BCUT2D eigenvalue weighted by Crippen LogP contribution is -2.12. The summed E-state index contributed by atoms with van der Waals surface area (Å²) in [5, 5.41) is 0. The number of hydrogen-bond acceptors (Lipinski definition) is 7. The Morgan fingerprint density at radius 3 is 2.89 bits per heavy atom. The summed E-state index contributed by atoms with van der Waals surface area (Å²) >= 11 is 0. The predicted octanol–water partition coefficient (Wildman–Crippen LogP) is 3.32. The molecule has 0 atom stereocenters. The van der Waals surface area contributed by atoms with Gasteiger partial charge in [0.1, 0.15) is 29.0 Å². The van der Waals surface area contributed by atoms with E-state index >= 15 is 0 Å². The van der Waals surface area contributed by atoms with E-state index in [9.17, 15) is 0 Å². The van der Waals surface area contributed by atoms with Crippen molar-refractivity contribution in [3.63, 3.8) is 0 Å². The lowest BCUT2D eigenvalue weighted by atomic mass is 10.2. The first-order chi connectivity index (χ1) is 13.6. The van der Waals surface area contributed by atoms with Crippen molar-refractivity contribution in [2.75, 3.05) is 18.9 Å². The molecule has 3 aromatic heterocycles. The largest absolute Gasteiger partial charge is 0.382 e. The second-order valence-electron chi connectivity index (χ2n) is 6.67. The van der Waals surface area contributed by atoms with Crippen molar-refractivity contribution in [1.29, 1.82) is 0 Å². The number of pyridine rings is 2. The monoisotopic (exact) mass is 384 g/mol. The van der Waals surface area contributed by atoms with Gasteiger partial charge in [-0.15, -0.1) is 0 Å². The van der Waals surface area contributed by atoms with Crippen LogP contribution in [0.25, 0.3) is 22.1 Å². The minimum atomic E-state index is 0.422. The van der Waals surface area contributed by atoms with Crippen molar-refractivity contribution in [3.05, 3.63) is 36.4 Å². The Morgan fingerprint density at radius 1 is 1.25 bits per heavy atom. The van der Waals surface area contributed by atoms with Crippen LogP contribution in [0.5, 0.6) is 0 Å². The molecule has 0 saturated heterocycles. The van der Waals surface area contributed by atoms with Gasteiger partial charge in [-0.05, 0) is 45.2 Å². The van der Waals surface area contributed by atoms with Crippen LogP contribution in [-0.4, -0.2) is 32.7 Å². The van der Waals surface area contributed by atoms with Crippen LogP contribution >= 0.6 is 0 Å². The molecule has 0 saturated carbocycles. The van der Waals surface area contributed by atoms with Crippen LogP contribution in [-0.2, 0) is 22.7 Å². The van der Waals surface area contributed by atoms with E-state index < -0.39 is 0 Å². The number of hydrogen-bond donors (Lipinski definition) is 2. The molecule has 3 rings (SSSR count). The third-order valence-corrected chi connectivity index (χ3v) is 4.35. The zero-order valence-corrected chi connectivity index (χ0v) is 16.6. The van der Waals surface area contributed by atoms with Crippen LogP contribution in [0, 0.1) is 0 Å². The molecule has 0 aliphatic rings. The molecule has 0 aliphatic heterocycles. The average Bonchev–Trinajstić information content (AvgIpc) is 3.05. The highest BCUT2D eigenvalue weighted by Gasteiger charge is 2.17. The van der Waals surface area contributed by atoms with Crippen molar-refractivity contribution in [1.82, 2.24) is 25.0 Å². The van der Waals surface area contributed by atoms with Gasteiger partial charge in [0.25, 0.3) is 0 Å². The number of aromatic nitrogens is 4. The maximum Gasteiger partial charge on any atom is 0.152 e. The summed E-state index contributed by atoms with van der Waals surface area (Å²) in [7, 11) is 0. The number of rotatable bonds is 11. The van der Waals surface area contributed by atoms with E-state index in [1.54, 1.807) is 6.20 Å². The summed E-state index contributed by atoms with van der Waals surface area (Å²) in [6, 6.07) is 3.78. The maximum absolute atomic E-state index is 6.18. The third-order valence-electron chi connectivity index (χ3n) is 4.35. The van der Waals surface area contributed by atoms with Crippen LogP contribution < -0.4 is 11.2 Å². The topological polar surface area (TPSA) is 100 Å². The second-order valence-corrected chi connectivity index (χ2v) is 6.67. The number of hydroxylamine groups is 1. The summed E-state index contributed by atoms with van der Waals surface area (Å²) in [4.78, 5) is 19.0. The van der Waals surface area contributed by atoms with E-state index in [-0.39, 0.29) is 0 Å². The molecule has 0 aliphatic carbocycles. The Morgan fingerprint density at radius 2 is 2.11 bits per heavy atom. The fourth-order valence-corrected chi connectivity index (χ4v) is 3.11. The van der Waals surface area contributed by atoms with Gasteiger partial charge in [0.05, 0.1) is 12.1 Å². The van der Waals surface area contributed by atoms with E-state index in [4.69, 9.17) is 20.3 Å². The van der Waals surface area contributed by atoms with E-state index in [0.29, 0.717) is 31.2 Å². The standard InChI is InChI=1S/C20H28N6O2/c1-4-27-13-16-24-18-19(17-15(23-20(18)21)9-8-10-22-17)26(16)11-6-5-7-12-28-25-14(2)3/h8-10,25H,2,4-7,11-13H2,1,3H3,(H2,21,23). The number of allylic oxidation sites excluding steroid dienone is 1. The van der Waals surface area contributed by atoms with Crippen molar-refractivity contribution >= 4 is 27.9 Å². The first-order valence-corrected chi connectivity index (χ1v) is 9.62. The number of imidazole rings is 1. The number of fused-ring (bicyclic) bond motifs is 3. The molecule has 8 nitrogen and oxygen atoms in total. The van der Waals surface area contributed by atoms with Gasteiger partial charge >= 0.3 is 0 Å². The van der Waals surface area contributed by atoms with Gasteiger partial charge in [-0.1, -0.05) is 6.58 Å². The number of anilines is 1. The lowest BCUT2D eigenvalue weighted by molar-refractivity contribution is 0.0600. The molecule has 0 fully saturated rings. The first-order valence-electron chi connectivity index (χ1n) is 9.62. The molecule has 0 radical (unpaired) electrons. The van der Waals surface area contributed by atoms with Gasteiger partial charge in [-0.3, -0.25) is 15.3 Å². The lowest BCUT2D eigenvalue weighted by Gasteiger charge is -2.11. The van der Waals surface area contributed by atoms with Gasteiger partial charge in [0.2, 0.25) is 0 Å². The van der Waals surface area contributed by atoms with E-state index in [2.05, 4.69) is 26.6 Å². The van der Waals surface area contributed by atoms with E-state index in [0.717, 1.165) is 53.9 Å². The smallest absolute Gasteiger partial charge is 0.152 e. The van der Waals surface area contributed by atoms with Crippen molar-refractivity contribution in [3.8, 4) is 0 Å². The summed E-state index contributed by atoms with van der Waals surface area (Å²) in [6.45, 7) is 10.1. The summed E-state index contributed by atoms with van der Waals surface area (Å²) in [6.07, 6.45) is 4.73. The number of nitrogen functional groups attached to an aromatic ring is 1. The number of nitrogens with one attached hydrogen (secondary N) is 1. The number of nitrogens with two attached hydrogens (primary N) is 1. The molecule has 0 unspecified atom stereocenters. The maximum atomic E-state index is 6.18. The molecule has 0 aromatic carbocycles. The molecule has 28 heavy (non-hydrogen) atoms. The Bertz CT molecular complexity index is 953. The molecule has 3 N–H and O–H groups in total. The Hall–Kier alpha value is -2.71. The molecular formula is C20H28N6O2. The van der Waals surface area contributed by atoms with Gasteiger partial charge < -0.3 is 15.0 Å². The Kier molecular flexibility index (Phi) is 6.78. The summed E-state index contributed by atoms with van der Waals surface area (Å²) in [5.41, 5.74) is 13.0. The average molecular weight is 384 g/mol. The number of unbranched alkanes of at least 4 members (excludes halogenated alkanes) is 2. The molecular weight excluding hydrogens is 356 g/mol. The molecule has 3 aromatic rings. The molecule has 0 spiro atoms. The van der Waals surface area contributed by atoms with E-state index in [1.165, 1.54) is 0 Å². The minimum Gasteiger partial charge on any atom is -0.382 e. The number of aryl methyl sites for hydroxylation is 1. The normalized spacial score (nSPS) is 11.4. The molecule has 0 bridgehead atoms. The van der Waals surface area contributed by atoms with Crippen LogP contribution in [0.15, 0.2) is 30.6 Å². The van der Waals surface area contributed by atoms with Gasteiger partial charge in [-0.2, -0.15) is 0 Å². The van der Waals surface area contributed by atoms with Gasteiger partial charge in [0.15, 0.2) is 5.82 Å². The third kappa shape index (κ3) is 4.58. The summed E-state index contributed by atoms with van der Waals surface area (Å²) < 4.78 is 7.79. The van der Waals surface area contributed by atoms with Crippen LogP contribution in [0.4, 0.5) is 5.82 Å². The first kappa shape index (κ1) is 20.0. The minimum absolute atomic E-state index is 0.422. The van der Waals surface area contributed by atoms with Crippen molar-refractivity contribution < 1.29 is 9.57 Å². The second kappa shape index (κ2) is 9.48. The quantitative estimate of drug-likeness (QED) is 0.386. The van der Waals surface area contributed by atoms with Gasteiger partial charge in [-0.25, -0.2) is 9.97 Å². The van der Waals surface area contributed by atoms with Crippen molar-refractivity contribution in [2.45, 2.75) is 46.3 Å². The van der Waals surface area contributed by atoms with Crippen LogP contribution in [0.3, 0.4) is 0 Å². The van der Waals surface area contributed by atoms with Gasteiger partial charge in [0, 0.05) is 25.0 Å². The highest BCUT2D eigenvalue weighted by molar-refractivity contribution is 6.04. The molecule has 150 valence electrons. The summed E-state index contributed by atoms with van der Waals surface area (Å²) in [5.74, 6) is 1.27. The molecule has 3 heterocycles. The number of nitrogens with zero attached hydrogens (tertiary/aromatic N) is 4. The Labute approximate surface area is 164 Å². The molecule has 8 heteroatoms. The van der Waals surface area contributed by atoms with Crippen LogP contribution in [0.1, 0.15) is 38.9 Å². The fourth-order valence-electron chi connectivity index (χ4n) is 3.11. The zero-order valence-electron chi connectivity index (χ0n) is 16.6. The van der Waals surface area contributed by atoms with E-state index in [1.807, 2.05) is 26.0 Å². The highest BCUT2D eigenvalue weighted by Crippen LogP contribution is 2.28. The van der Waals surface area contributed by atoms with Crippen molar-refractivity contribution in [2.24, 2.45) is 0 Å². The van der Waals surface area contributed by atoms with Crippen LogP contribution in [0.2, 0.25) is 0 Å². The SMILES string of the molecule is C=C(C)NOCCCCCn1c(COCC)nc2c(N)nc3cccnc3c21. The number of ether oxygens (including phenoxy) is 1.